The molecule has 126 valence electrons. The fraction of sp³-hybridized carbons (Fsp3) is 0.944. The molecule has 1 amide bonds. The van der Waals surface area contributed by atoms with Crippen LogP contribution in [-0.2, 0) is 4.79 Å². The summed E-state index contributed by atoms with van der Waals surface area (Å²) in [5, 5.41) is 0. The van der Waals surface area contributed by atoms with Gasteiger partial charge in [0.15, 0.2) is 0 Å². The second kappa shape index (κ2) is 5.11. The van der Waals surface area contributed by atoms with Gasteiger partial charge in [-0.3, -0.25) is 4.79 Å². The van der Waals surface area contributed by atoms with Crippen molar-refractivity contribution in [3.63, 3.8) is 0 Å². The zero-order chi connectivity index (χ0) is 14.9. The number of piperazine rings is 1. The van der Waals surface area contributed by atoms with Crippen LogP contribution >= 0.6 is 12.4 Å². The van der Waals surface area contributed by atoms with Gasteiger partial charge in [0, 0.05) is 26.2 Å². The third-order valence-corrected chi connectivity index (χ3v) is 6.87. The van der Waals surface area contributed by atoms with E-state index < -0.39 is 0 Å². The van der Waals surface area contributed by atoms with E-state index in [1.54, 1.807) is 0 Å². The van der Waals surface area contributed by atoms with Crippen LogP contribution in [0.1, 0.15) is 52.4 Å². The van der Waals surface area contributed by atoms with Gasteiger partial charge in [-0.1, -0.05) is 13.8 Å². The number of carbonyl (C=O) groups is 1. The molecule has 4 bridgehead atoms. The van der Waals surface area contributed by atoms with Crippen molar-refractivity contribution in [1.82, 2.24) is 9.80 Å². The Hall–Kier alpha value is -0.280. The van der Waals surface area contributed by atoms with E-state index in [0.717, 1.165) is 44.9 Å². The molecule has 5 fully saturated rings. The molecule has 0 spiro atoms. The van der Waals surface area contributed by atoms with E-state index in [4.69, 9.17) is 0 Å². The van der Waals surface area contributed by atoms with Crippen molar-refractivity contribution >= 4 is 18.3 Å². The predicted molar refractivity (Wildman–Crippen MR) is 91.2 cm³/mol. The number of likely N-dealkylation sites (N-methyl/N-ethyl adjacent to an activating group) is 1. The van der Waals surface area contributed by atoms with Crippen LogP contribution in [-0.4, -0.2) is 48.9 Å². The van der Waals surface area contributed by atoms with Gasteiger partial charge in [-0.2, -0.15) is 0 Å². The molecule has 1 saturated heterocycles. The van der Waals surface area contributed by atoms with E-state index in [9.17, 15) is 4.79 Å². The Bertz CT molecular complexity index is 454. The lowest BCUT2D eigenvalue weighted by Crippen LogP contribution is -2.62. The normalized spacial score (nSPS) is 47.4. The SMILES string of the molecule is CN1CCN(C(=O)C23CC4CC(C)(CC(C)(C4)C2)C3)CC1.Cl. The molecule has 1 heterocycles. The molecule has 0 N–H and O–H groups in total. The fourth-order valence-corrected chi connectivity index (χ4v) is 7.03. The molecule has 0 radical (unpaired) electrons. The van der Waals surface area contributed by atoms with E-state index in [1.165, 1.54) is 25.7 Å². The van der Waals surface area contributed by atoms with Gasteiger partial charge in [0.25, 0.3) is 0 Å². The van der Waals surface area contributed by atoms with Crippen molar-refractivity contribution in [2.45, 2.75) is 52.4 Å². The first-order valence-corrected chi connectivity index (χ1v) is 8.80. The van der Waals surface area contributed by atoms with Gasteiger partial charge < -0.3 is 9.80 Å². The quantitative estimate of drug-likeness (QED) is 0.739. The maximum Gasteiger partial charge on any atom is 0.228 e. The summed E-state index contributed by atoms with van der Waals surface area (Å²) in [6.45, 7) is 8.88. The van der Waals surface area contributed by atoms with Crippen LogP contribution in [0.5, 0.6) is 0 Å². The number of nitrogens with zero attached hydrogens (tertiary/aromatic N) is 2. The van der Waals surface area contributed by atoms with Crippen molar-refractivity contribution in [2.75, 3.05) is 33.2 Å². The van der Waals surface area contributed by atoms with E-state index >= 15 is 0 Å². The van der Waals surface area contributed by atoms with Gasteiger partial charge in [0.1, 0.15) is 0 Å². The minimum atomic E-state index is -0.00116. The molecule has 4 aliphatic carbocycles. The smallest absolute Gasteiger partial charge is 0.228 e. The number of amides is 1. The summed E-state index contributed by atoms with van der Waals surface area (Å²) in [5.41, 5.74) is 0.881. The topological polar surface area (TPSA) is 23.6 Å². The summed E-state index contributed by atoms with van der Waals surface area (Å²) < 4.78 is 0. The highest BCUT2D eigenvalue weighted by Gasteiger charge is 2.63. The molecule has 0 aromatic heterocycles. The number of hydrogen-bond acceptors (Lipinski definition) is 2. The molecule has 2 unspecified atom stereocenters. The van der Waals surface area contributed by atoms with Gasteiger partial charge in [0.05, 0.1) is 5.41 Å². The summed E-state index contributed by atoms with van der Waals surface area (Å²) in [6, 6.07) is 0. The summed E-state index contributed by atoms with van der Waals surface area (Å²) in [5.74, 6) is 1.32. The first-order chi connectivity index (χ1) is 9.82. The number of hydrogen-bond donors (Lipinski definition) is 0. The van der Waals surface area contributed by atoms with Crippen LogP contribution in [0, 0.1) is 22.2 Å². The van der Waals surface area contributed by atoms with Crippen molar-refractivity contribution < 1.29 is 4.79 Å². The molecule has 0 aromatic carbocycles. The molecule has 22 heavy (non-hydrogen) atoms. The Kier molecular flexibility index (Phi) is 3.85. The van der Waals surface area contributed by atoms with Crippen LogP contribution in [0.25, 0.3) is 0 Å². The van der Waals surface area contributed by atoms with Crippen LogP contribution in [0.15, 0.2) is 0 Å². The third-order valence-electron chi connectivity index (χ3n) is 6.87. The van der Waals surface area contributed by atoms with Crippen molar-refractivity contribution in [1.29, 1.82) is 0 Å². The number of halogens is 1. The van der Waals surface area contributed by atoms with Gasteiger partial charge in [-0.25, -0.2) is 0 Å². The lowest BCUT2D eigenvalue weighted by atomic mass is 9.40. The van der Waals surface area contributed by atoms with E-state index in [2.05, 4.69) is 30.7 Å². The average Bonchev–Trinajstić information content (AvgIpc) is 2.34. The Balaban J connectivity index is 0.00000144. The Morgan fingerprint density at radius 3 is 1.95 bits per heavy atom. The molecule has 5 rings (SSSR count). The highest BCUT2D eigenvalue weighted by Crippen LogP contribution is 2.69. The largest absolute Gasteiger partial charge is 0.340 e. The van der Waals surface area contributed by atoms with Gasteiger partial charge in [-0.05, 0) is 62.3 Å². The van der Waals surface area contributed by atoms with E-state index in [1.807, 2.05) is 0 Å². The van der Waals surface area contributed by atoms with Gasteiger partial charge in [0.2, 0.25) is 5.91 Å². The lowest BCUT2D eigenvalue weighted by Gasteiger charge is -2.65. The minimum Gasteiger partial charge on any atom is -0.340 e. The molecule has 4 saturated carbocycles. The molecular formula is C18H31ClN2O. The summed E-state index contributed by atoms with van der Waals surface area (Å²) in [4.78, 5) is 17.9. The third kappa shape index (κ3) is 2.49. The molecular weight excluding hydrogens is 296 g/mol. The van der Waals surface area contributed by atoms with Crippen LogP contribution in [0.3, 0.4) is 0 Å². The highest BCUT2D eigenvalue weighted by molar-refractivity contribution is 5.85. The zero-order valence-electron chi connectivity index (χ0n) is 14.4. The Labute approximate surface area is 141 Å². The monoisotopic (exact) mass is 326 g/mol. The van der Waals surface area contributed by atoms with E-state index in [-0.39, 0.29) is 17.8 Å². The number of carbonyl (C=O) groups excluding carboxylic acids is 1. The van der Waals surface area contributed by atoms with Crippen LogP contribution in [0.4, 0.5) is 0 Å². The maximum atomic E-state index is 13.4. The van der Waals surface area contributed by atoms with Gasteiger partial charge in [-0.15, -0.1) is 12.4 Å². The second-order valence-corrected chi connectivity index (χ2v) is 9.51. The molecule has 1 aliphatic heterocycles. The fourth-order valence-electron chi connectivity index (χ4n) is 7.03. The molecule has 3 nitrogen and oxygen atoms in total. The first-order valence-electron chi connectivity index (χ1n) is 8.80. The lowest BCUT2D eigenvalue weighted by molar-refractivity contribution is -0.180. The standard InChI is InChI=1S/C18H30N2O.ClH/c1-16-8-14-9-17(2,11-16)13-18(10-14,12-16)15(21)20-6-4-19(3)5-7-20;/h14H,4-13H2,1-3H3;1H. The highest BCUT2D eigenvalue weighted by atomic mass is 35.5. The van der Waals surface area contributed by atoms with Crippen molar-refractivity contribution in [2.24, 2.45) is 22.2 Å². The zero-order valence-corrected chi connectivity index (χ0v) is 15.2. The van der Waals surface area contributed by atoms with Crippen molar-refractivity contribution in [3.05, 3.63) is 0 Å². The average molecular weight is 327 g/mol. The van der Waals surface area contributed by atoms with Gasteiger partial charge >= 0.3 is 0 Å². The summed E-state index contributed by atoms with van der Waals surface area (Å²) in [6.07, 6.45) is 7.62. The van der Waals surface area contributed by atoms with E-state index in [0.29, 0.717) is 16.7 Å². The first kappa shape index (κ1) is 16.6. The molecule has 2 atom stereocenters. The molecule has 0 aromatic rings. The maximum absolute atomic E-state index is 13.4. The van der Waals surface area contributed by atoms with Crippen LogP contribution in [0.2, 0.25) is 0 Å². The molecule has 4 heteroatoms. The number of rotatable bonds is 1. The molecule has 5 aliphatic rings. The van der Waals surface area contributed by atoms with Crippen molar-refractivity contribution in [3.8, 4) is 0 Å². The second-order valence-electron chi connectivity index (χ2n) is 9.51. The summed E-state index contributed by atoms with van der Waals surface area (Å²) in [7, 11) is 2.16. The predicted octanol–water partition coefficient (Wildman–Crippen LogP) is 3.18. The summed E-state index contributed by atoms with van der Waals surface area (Å²) >= 11 is 0. The van der Waals surface area contributed by atoms with Crippen LogP contribution < -0.4 is 0 Å². The Morgan fingerprint density at radius 1 is 0.909 bits per heavy atom. The Morgan fingerprint density at radius 2 is 1.45 bits per heavy atom. The minimum absolute atomic E-state index is 0.